The summed E-state index contributed by atoms with van der Waals surface area (Å²) in [5, 5.41) is 9.79. The molecule has 182 valence electrons. The minimum absolute atomic E-state index is 0.125. The lowest BCUT2D eigenvalue weighted by Crippen LogP contribution is -2.42. The van der Waals surface area contributed by atoms with E-state index in [1.165, 1.54) is 11.8 Å². The predicted octanol–water partition coefficient (Wildman–Crippen LogP) is 4.93. The van der Waals surface area contributed by atoms with Crippen LogP contribution in [0, 0.1) is 30.1 Å². The second kappa shape index (κ2) is 10.4. The number of hydrogen-bond donors (Lipinski definition) is 0. The molecule has 2 aliphatic heterocycles. The largest absolute Gasteiger partial charge is 0.357 e. The van der Waals surface area contributed by atoms with E-state index in [1.54, 1.807) is 16.4 Å². The summed E-state index contributed by atoms with van der Waals surface area (Å²) in [4.78, 5) is 31.0. The van der Waals surface area contributed by atoms with Crippen molar-refractivity contribution in [3.63, 3.8) is 0 Å². The quantitative estimate of drug-likeness (QED) is 0.423. The maximum atomic E-state index is 13.4. The molecule has 0 aliphatic carbocycles. The highest BCUT2D eigenvalue weighted by Crippen LogP contribution is 2.37. The Labute approximate surface area is 216 Å². The Morgan fingerprint density at radius 3 is 2.43 bits per heavy atom. The molecular weight excluding hydrogens is 476 g/mol. The molecule has 0 bridgehead atoms. The van der Waals surface area contributed by atoms with Crippen molar-refractivity contribution < 1.29 is 4.79 Å². The Kier molecular flexibility index (Phi) is 7.48. The van der Waals surface area contributed by atoms with Gasteiger partial charge in [-0.2, -0.15) is 5.26 Å². The molecule has 35 heavy (non-hydrogen) atoms. The first kappa shape index (κ1) is 25.2. The van der Waals surface area contributed by atoms with E-state index < -0.39 is 0 Å². The smallest absolute Gasteiger partial charge is 0.270 e. The van der Waals surface area contributed by atoms with Crippen molar-refractivity contribution in [2.24, 2.45) is 11.8 Å². The Hall–Kier alpha value is -2.89. The number of aromatic nitrogens is 1. The normalized spacial score (nSPS) is 21.6. The van der Waals surface area contributed by atoms with Gasteiger partial charge in [-0.3, -0.25) is 19.1 Å². The van der Waals surface area contributed by atoms with Gasteiger partial charge in [0.25, 0.3) is 11.5 Å². The summed E-state index contributed by atoms with van der Waals surface area (Å²) in [7, 11) is 0. The molecule has 2 aliphatic rings. The number of anilines is 1. The molecule has 0 spiro atoms. The van der Waals surface area contributed by atoms with Crippen LogP contribution in [-0.4, -0.2) is 32.8 Å². The molecule has 2 fully saturated rings. The van der Waals surface area contributed by atoms with Gasteiger partial charge < -0.3 is 4.90 Å². The third kappa shape index (κ3) is 4.93. The van der Waals surface area contributed by atoms with Gasteiger partial charge in [0.15, 0.2) is 0 Å². The Balaban J connectivity index is 1.83. The number of hydrogen-bond acceptors (Lipinski definition) is 6. The standard InChI is InChI=1S/C27H30N4O2S2/c1-5-30-24(29-14-17(2)11-18(3)15-29)21(19(4)22(13-28)25(30)32)12-23-26(33)31(27(34)35-23)16-20-9-7-6-8-10-20/h6-10,12,17-18H,5,11,14-16H2,1-4H3. The topological polar surface area (TPSA) is 69.3 Å². The van der Waals surface area contributed by atoms with Crippen LogP contribution in [0.1, 0.15) is 49.4 Å². The number of amides is 1. The molecule has 3 heterocycles. The monoisotopic (exact) mass is 506 g/mol. The lowest BCUT2D eigenvalue weighted by Gasteiger charge is -2.38. The number of piperidine rings is 1. The molecule has 6 nitrogen and oxygen atoms in total. The van der Waals surface area contributed by atoms with Crippen LogP contribution in [0.4, 0.5) is 5.82 Å². The van der Waals surface area contributed by atoms with E-state index in [0.717, 1.165) is 36.5 Å². The first-order valence-corrected chi connectivity index (χ1v) is 13.2. The van der Waals surface area contributed by atoms with Gasteiger partial charge in [0.1, 0.15) is 21.8 Å². The second-order valence-electron chi connectivity index (χ2n) is 9.50. The van der Waals surface area contributed by atoms with Crippen molar-refractivity contribution in [2.45, 2.75) is 47.2 Å². The Bertz CT molecular complexity index is 1280. The lowest BCUT2D eigenvalue weighted by molar-refractivity contribution is -0.122. The first-order valence-electron chi connectivity index (χ1n) is 12.0. The Morgan fingerprint density at radius 2 is 1.83 bits per heavy atom. The number of nitrogens with zero attached hydrogens (tertiary/aromatic N) is 4. The summed E-state index contributed by atoms with van der Waals surface area (Å²) in [6, 6.07) is 11.9. The average molecular weight is 507 g/mol. The third-order valence-electron chi connectivity index (χ3n) is 6.66. The Morgan fingerprint density at radius 1 is 1.17 bits per heavy atom. The maximum Gasteiger partial charge on any atom is 0.270 e. The summed E-state index contributed by atoms with van der Waals surface area (Å²) < 4.78 is 2.20. The molecule has 2 saturated heterocycles. The molecule has 2 aromatic rings. The van der Waals surface area contributed by atoms with Gasteiger partial charge in [-0.1, -0.05) is 68.2 Å². The zero-order valence-corrected chi connectivity index (χ0v) is 22.2. The van der Waals surface area contributed by atoms with Gasteiger partial charge in [0, 0.05) is 25.2 Å². The molecule has 0 radical (unpaired) electrons. The lowest BCUT2D eigenvalue weighted by atomic mass is 9.91. The highest BCUT2D eigenvalue weighted by atomic mass is 32.2. The fraction of sp³-hybridized carbons (Fsp3) is 0.407. The summed E-state index contributed by atoms with van der Waals surface area (Å²) in [5.74, 6) is 1.60. The molecular formula is C27H30N4O2S2. The number of thiocarbonyl (C=S) groups is 1. The number of carbonyl (C=O) groups is 1. The van der Waals surface area contributed by atoms with Crippen LogP contribution in [0.2, 0.25) is 0 Å². The molecule has 0 N–H and O–H groups in total. The fourth-order valence-corrected chi connectivity index (χ4v) is 6.38. The van der Waals surface area contributed by atoms with Crippen molar-refractivity contribution in [3.8, 4) is 6.07 Å². The van der Waals surface area contributed by atoms with Gasteiger partial charge in [-0.25, -0.2) is 0 Å². The van der Waals surface area contributed by atoms with Gasteiger partial charge in [-0.15, -0.1) is 0 Å². The van der Waals surface area contributed by atoms with Crippen LogP contribution < -0.4 is 10.5 Å². The van der Waals surface area contributed by atoms with E-state index in [9.17, 15) is 14.9 Å². The van der Waals surface area contributed by atoms with Crippen molar-refractivity contribution in [2.75, 3.05) is 18.0 Å². The van der Waals surface area contributed by atoms with Crippen molar-refractivity contribution >= 4 is 46.1 Å². The van der Waals surface area contributed by atoms with E-state index in [-0.39, 0.29) is 17.0 Å². The summed E-state index contributed by atoms with van der Waals surface area (Å²) in [6.45, 7) is 10.7. The first-order chi connectivity index (χ1) is 16.7. The number of benzene rings is 1. The molecule has 8 heteroatoms. The van der Waals surface area contributed by atoms with Crippen molar-refractivity contribution in [3.05, 3.63) is 67.8 Å². The van der Waals surface area contributed by atoms with E-state index in [4.69, 9.17) is 12.2 Å². The summed E-state index contributed by atoms with van der Waals surface area (Å²) in [6.07, 6.45) is 2.97. The third-order valence-corrected chi connectivity index (χ3v) is 8.04. The number of nitriles is 1. The predicted molar refractivity (Wildman–Crippen MR) is 146 cm³/mol. The van der Waals surface area contributed by atoms with E-state index in [2.05, 4.69) is 24.8 Å². The zero-order chi connectivity index (χ0) is 25.3. The molecule has 2 atom stereocenters. The number of carbonyl (C=O) groups excluding carboxylic acids is 1. The zero-order valence-electron chi connectivity index (χ0n) is 20.6. The van der Waals surface area contributed by atoms with Crippen LogP contribution in [0.25, 0.3) is 6.08 Å². The molecule has 1 aromatic carbocycles. The van der Waals surface area contributed by atoms with Gasteiger partial charge in [0.05, 0.1) is 11.4 Å². The van der Waals surface area contributed by atoms with Gasteiger partial charge in [-0.05, 0) is 49.3 Å². The SMILES string of the molecule is CCn1c(N2CC(C)CC(C)C2)c(C=C2SC(=S)N(Cc3ccccc3)C2=O)c(C)c(C#N)c1=O. The summed E-state index contributed by atoms with van der Waals surface area (Å²) >= 11 is 6.83. The minimum Gasteiger partial charge on any atom is -0.357 e. The average Bonchev–Trinajstić information content (AvgIpc) is 3.08. The van der Waals surface area contributed by atoms with Crippen LogP contribution in [0.3, 0.4) is 0 Å². The van der Waals surface area contributed by atoms with Crippen LogP contribution in [-0.2, 0) is 17.9 Å². The molecule has 1 aromatic heterocycles. The van der Waals surface area contributed by atoms with Crippen LogP contribution in [0.5, 0.6) is 0 Å². The maximum absolute atomic E-state index is 13.4. The second-order valence-corrected chi connectivity index (χ2v) is 11.2. The van der Waals surface area contributed by atoms with Gasteiger partial charge >= 0.3 is 0 Å². The fourth-order valence-electron chi connectivity index (χ4n) is 5.15. The summed E-state index contributed by atoms with van der Waals surface area (Å²) in [5.41, 5.74) is 2.22. The number of pyridine rings is 1. The van der Waals surface area contributed by atoms with Crippen molar-refractivity contribution in [1.82, 2.24) is 9.47 Å². The highest BCUT2D eigenvalue weighted by Gasteiger charge is 2.34. The van der Waals surface area contributed by atoms with Gasteiger partial charge in [0.2, 0.25) is 0 Å². The van der Waals surface area contributed by atoms with Crippen LogP contribution in [0.15, 0.2) is 40.0 Å². The molecule has 4 rings (SSSR count). The van der Waals surface area contributed by atoms with E-state index in [1.807, 2.05) is 43.3 Å². The highest BCUT2D eigenvalue weighted by molar-refractivity contribution is 8.26. The molecule has 2 unspecified atom stereocenters. The number of thioether (sulfide) groups is 1. The van der Waals surface area contributed by atoms with E-state index >= 15 is 0 Å². The van der Waals surface area contributed by atoms with E-state index in [0.29, 0.717) is 39.7 Å². The van der Waals surface area contributed by atoms with Crippen LogP contribution >= 0.6 is 24.0 Å². The minimum atomic E-state index is -0.276. The molecule has 0 saturated carbocycles. The number of rotatable bonds is 5. The van der Waals surface area contributed by atoms with Crippen molar-refractivity contribution in [1.29, 1.82) is 5.26 Å². The molecule has 1 amide bonds.